The average Bonchev–Trinajstić information content (AvgIpc) is 2.77. The van der Waals surface area contributed by atoms with Gasteiger partial charge in [-0.2, -0.15) is 0 Å². The third kappa shape index (κ3) is 2.38. The van der Waals surface area contributed by atoms with Gasteiger partial charge in [0.1, 0.15) is 0 Å². The Morgan fingerprint density at radius 2 is 2.26 bits per heavy atom. The van der Waals surface area contributed by atoms with E-state index in [2.05, 4.69) is 17.6 Å². The summed E-state index contributed by atoms with van der Waals surface area (Å²) in [5.41, 5.74) is 9.59. The molecule has 2 aliphatic heterocycles. The number of nitrogens with two attached hydrogens (primary N) is 1. The number of hydrogen-bond acceptors (Lipinski definition) is 4. The number of fused-ring (bicyclic) bond motifs is 1. The predicted octanol–water partition coefficient (Wildman–Crippen LogP) is 1.74. The summed E-state index contributed by atoms with van der Waals surface area (Å²) < 4.78 is 5.44. The number of benzene rings is 1. The SMILES string of the molecule is CC1(Nc2cc3c(cc2N)NC(=O)CC3)CCOC1. The Morgan fingerprint density at radius 1 is 1.42 bits per heavy atom. The van der Waals surface area contributed by atoms with E-state index in [1.807, 2.05) is 12.1 Å². The molecule has 2 aliphatic rings. The number of anilines is 3. The van der Waals surface area contributed by atoms with E-state index in [9.17, 15) is 4.79 Å². The molecule has 2 heterocycles. The highest BCUT2D eigenvalue weighted by Crippen LogP contribution is 2.34. The number of carbonyl (C=O) groups is 1. The fourth-order valence-corrected chi connectivity index (χ4v) is 2.64. The van der Waals surface area contributed by atoms with Crippen LogP contribution in [0.15, 0.2) is 12.1 Å². The third-order valence-electron chi connectivity index (χ3n) is 3.83. The lowest BCUT2D eigenvalue weighted by Gasteiger charge is -2.27. The van der Waals surface area contributed by atoms with Crippen molar-refractivity contribution in [2.75, 3.05) is 29.6 Å². The molecule has 0 aromatic heterocycles. The first-order chi connectivity index (χ1) is 9.06. The molecule has 3 rings (SSSR count). The second-order valence-corrected chi connectivity index (χ2v) is 5.63. The van der Waals surface area contributed by atoms with Crippen LogP contribution in [0.5, 0.6) is 0 Å². The molecule has 0 aliphatic carbocycles. The van der Waals surface area contributed by atoms with Crippen molar-refractivity contribution in [2.24, 2.45) is 0 Å². The Morgan fingerprint density at radius 3 is 3.00 bits per heavy atom. The minimum absolute atomic E-state index is 0.0553. The molecule has 5 nitrogen and oxygen atoms in total. The van der Waals surface area contributed by atoms with E-state index in [0.29, 0.717) is 18.7 Å². The maximum absolute atomic E-state index is 11.4. The first-order valence-corrected chi connectivity index (χ1v) is 6.64. The lowest BCUT2D eigenvalue weighted by molar-refractivity contribution is -0.116. The number of ether oxygens (including phenoxy) is 1. The molecule has 0 bridgehead atoms. The highest BCUT2D eigenvalue weighted by atomic mass is 16.5. The van der Waals surface area contributed by atoms with E-state index in [0.717, 1.165) is 36.4 Å². The molecule has 1 unspecified atom stereocenters. The summed E-state index contributed by atoms with van der Waals surface area (Å²) in [4.78, 5) is 11.4. The van der Waals surface area contributed by atoms with Crippen molar-refractivity contribution in [1.82, 2.24) is 0 Å². The molecule has 1 aromatic rings. The normalized spacial score (nSPS) is 25.8. The van der Waals surface area contributed by atoms with Crippen LogP contribution in [0.1, 0.15) is 25.3 Å². The maximum atomic E-state index is 11.4. The molecule has 1 amide bonds. The quantitative estimate of drug-likeness (QED) is 0.709. The maximum Gasteiger partial charge on any atom is 0.224 e. The molecule has 0 saturated carbocycles. The second-order valence-electron chi connectivity index (χ2n) is 5.63. The Kier molecular flexibility index (Phi) is 2.86. The van der Waals surface area contributed by atoms with Gasteiger partial charge in [-0.15, -0.1) is 0 Å². The number of aryl methyl sites for hydroxylation is 1. The van der Waals surface area contributed by atoms with Gasteiger partial charge in [-0.3, -0.25) is 4.79 Å². The van der Waals surface area contributed by atoms with Gasteiger partial charge in [-0.1, -0.05) is 0 Å². The molecule has 1 saturated heterocycles. The summed E-state index contributed by atoms with van der Waals surface area (Å²) >= 11 is 0. The zero-order chi connectivity index (χ0) is 13.5. The van der Waals surface area contributed by atoms with Crippen LogP contribution in [0, 0.1) is 0 Å². The lowest BCUT2D eigenvalue weighted by Crippen LogP contribution is -2.35. The number of carbonyl (C=O) groups excluding carboxylic acids is 1. The van der Waals surface area contributed by atoms with Crippen LogP contribution in [-0.2, 0) is 16.0 Å². The number of amides is 1. The summed E-state index contributed by atoms with van der Waals surface area (Å²) in [6.07, 6.45) is 2.28. The highest BCUT2D eigenvalue weighted by molar-refractivity contribution is 5.95. The topological polar surface area (TPSA) is 76.4 Å². The van der Waals surface area contributed by atoms with E-state index < -0.39 is 0 Å². The van der Waals surface area contributed by atoms with Gasteiger partial charge in [0.05, 0.1) is 23.5 Å². The van der Waals surface area contributed by atoms with E-state index in [-0.39, 0.29) is 11.4 Å². The number of nitrogens with one attached hydrogen (secondary N) is 2. The standard InChI is InChI=1S/C14H19N3O2/c1-14(4-5-19-8-14)17-12-6-9-2-3-13(18)16-11(9)7-10(12)15/h6-7,17H,2-5,8,15H2,1H3,(H,16,18). The van der Waals surface area contributed by atoms with Gasteiger partial charge in [0.25, 0.3) is 0 Å². The zero-order valence-corrected chi connectivity index (χ0v) is 11.1. The first-order valence-electron chi connectivity index (χ1n) is 6.64. The zero-order valence-electron chi connectivity index (χ0n) is 11.1. The smallest absolute Gasteiger partial charge is 0.224 e. The van der Waals surface area contributed by atoms with Crippen molar-refractivity contribution in [3.8, 4) is 0 Å². The van der Waals surface area contributed by atoms with Gasteiger partial charge >= 0.3 is 0 Å². The summed E-state index contributed by atoms with van der Waals surface area (Å²) in [7, 11) is 0. The summed E-state index contributed by atoms with van der Waals surface area (Å²) in [6, 6.07) is 3.89. The molecule has 1 aromatic carbocycles. The van der Waals surface area contributed by atoms with Crippen LogP contribution in [0.3, 0.4) is 0 Å². The molecule has 19 heavy (non-hydrogen) atoms. The molecular formula is C14H19N3O2. The molecule has 5 heteroatoms. The molecular weight excluding hydrogens is 242 g/mol. The van der Waals surface area contributed by atoms with Crippen molar-refractivity contribution >= 4 is 23.0 Å². The Labute approximate surface area is 112 Å². The second kappa shape index (κ2) is 4.42. The predicted molar refractivity (Wildman–Crippen MR) is 75.3 cm³/mol. The number of nitrogen functional groups attached to an aromatic ring is 1. The monoisotopic (exact) mass is 261 g/mol. The number of rotatable bonds is 2. The van der Waals surface area contributed by atoms with Crippen LogP contribution in [0.4, 0.5) is 17.1 Å². The summed E-state index contributed by atoms with van der Waals surface area (Å²) in [6.45, 7) is 3.62. The average molecular weight is 261 g/mol. The van der Waals surface area contributed by atoms with Crippen molar-refractivity contribution in [3.05, 3.63) is 17.7 Å². The summed E-state index contributed by atoms with van der Waals surface area (Å²) in [5.74, 6) is 0.0590. The number of hydrogen-bond donors (Lipinski definition) is 3. The minimum Gasteiger partial charge on any atom is -0.397 e. The van der Waals surface area contributed by atoms with E-state index in [1.165, 1.54) is 0 Å². The molecule has 102 valence electrons. The molecule has 1 atom stereocenters. The largest absolute Gasteiger partial charge is 0.397 e. The fraction of sp³-hybridized carbons (Fsp3) is 0.500. The van der Waals surface area contributed by atoms with Crippen molar-refractivity contribution < 1.29 is 9.53 Å². The van der Waals surface area contributed by atoms with Gasteiger partial charge in [-0.25, -0.2) is 0 Å². The van der Waals surface area contributed by atoms with Crippen LogP contribution in [-0.4, -0.2) is 24.7 Å². The van der Waals surface area contributed by atoms with Crippen LogP contribution in [0.25, 0.3) is 0 Å². The lowest BCUT2D eigenvalue weighted by atomic mass is 9.98. The highest BCUT2D eigenvalue weighted by Gasteiger charge is 2.30. The van der Waals surface area contributed by atoms with Crippen LogP contribution < -0.4 is 16.4 Å². The van der Waals surface area contributed by atoms with E-state index in [4.69, 9.17) is 10.5 Å². The fourth-order valence-electron chi connectivity index (χ4n) is 2.64. The minimum atomic E-state index is -0.0553. The van der Waals surface area contributed by atoms with Gasteiger partial charge in [0.2, 0.25) is 5.91 Å². The Hall–Kier alpha value is -1.75. The van der Waals surface area contributed by atoms with Crippen molar-refractivity contribution in [1.29, 1.82) is 0 Å². The molecule has 1 fully saturated rings. The van der Waals surface area contributed by atoms with Crippen molar-refractivity contribution in [2.45, 2.75) is 31.7 Å². The summed E-state index contributed by atoms with van der Waals surface area (Å²) in [5, 5.41) is 6.34. The molecule has 0 radical (unpaired) electrons. The third-order valence-corrected chi connectivity index (χ3v) is 3.83. The van der Waals surface area contributed by atoms with E-state index >= 15 is 0 Å². The van der Waals surface area contributed by atoms with Crippen molar-refractivity contribution in [3.63, 3.8) is 0 Å². The van der Waals surface area contributed by atoms with Gasteiger partial charge in [0, 0.05) is 18.7 Å². The first kappa shape index (κ1) is 12.3. The Bertz CT molecular complexity index is 522. The van der Waals surface area contributed by atoms with Gasteiger partial charge in [0.15, 0.2) is 0 Å². The Balaban J connectivity index is 1.88. The van der Waals surface area contributed by atoms with Crippen LogP contribution >= 0.6 is 0 Å². The van der Waals surface area contributed by atoms with Gasteiger partial charge < -0.3 is 21.1 Å². The molecule has 4 N–H and O–H groups in total. The van der Waals surface area contributed by atoms with Crippen LogP contribution in [0.2, 0.25) is 0 Å². The van der Waals surface area contributed by atoms with Gasteiger partial charge in [-0.05, 0) is 37.5 Å². The molecule has 0 spiro atoms. The van der Waals surface area contributed by atoms with E-state index in [1.54, 1.807) is 0 Å².